The van der Waals surface area contributed by atoms with Crippen LogP contribution < -0.4 is 0 Å². The third-order valence-electron chi connectivity index (χ3n) is 4.28. The van der Waals surface area contributed by atoms with E-state index >= 15 is 0 Å². The molecular weight excluding hydrogens is 252 g/mol. The number of aliphatic hydroxyl groups excluding tert-OH is 1. The fraction of sp³-hybridized carbons (Fsp3) is 0.471. The molecule has 2 aromatic rings. The predicted molar refractivity (Wildman–Crippen MR) is 77.9 cm³/mol. The highest BCUT2D eigenvalue weighted by atomic mass is 16.4. The number of carbonyl (C=O) groups is 1. The number of fused-ring (bicyclic) bond motifs is 1. The first-order valence-electron chi connectivity index (χ1n) is 7.37. The van der Waals surface area contributed by atoms with Gasteiger partial charge in [0.1, 0.15) is 11.7 Å². The Morgan fingerprint density at radius 3 is 2.75 bits per heavy atom. The number of rotatable bonds is 3. The molecule has 0 saturated heterocycles. The molecule has 1 aliphatic rings. The summed E-state index contributed by atoms with van der Waals surface area (Å²) >= 11 is 0. The number of Topliss-reactive ketones (excluding diaryl/α,β-unsaturated/α-hetero) is 1. The first-order chi connectivity index (χ1) is 9.65. The number of hydrogen-bond acceptors (Lipinski definition) is 3. The van der Waals surface area contributed by atoms with Crippen molar-refractivity contribution in [3.63, 3.8) is 0 Å². The molecule has 0 aliphatic heterocycles. The molecule has 0 amide bonds. The van der Waals surface area contributed by atoms with Gasteiger partial charge >= 0.3 is 0 Å². The van der Waals surface area contributed by atoms with Crippen molar-refractivity contribution >= 4 is 16.8 Å². The van der Waals surface area contributed by atoms with Crippen molar-refractivity contribution in [3.05, 3.63) is 35.6 Å². The van der Waals surface area contributed by atoms with E-state index in [4.69, 9.17) is 4.42 Å². The van der Waals surface area contributed by atoms with Crippen LogP contribution in [0.5, 0.6) is 0 Å². The highest BCUT2D eigenvalue weighted by Crippen LogP contribution is 2.29. The number of aliphatic hydroxyl groups is 1. The molecule has 1 aliphatic carbocycles. The maximum absolute atomic E-state index is 12.4. The van der Waals surface area contributed by atoms with Gasteiger partial charge < -0.3 is 9.52 Å². The van der Waals surface area contributed by atoms with E-state index in [1.165, 1.54) is 6.42 Å². The van der Waals surface area contributed by atoms with E-state index in [0.29, 0.717) is 5.58 Å². The van der Waals surface area contributed by atoms with E-state index in [1.807, 2.05) is 25.1 Å². The van der Waals surface area contributed by atoms with Crippen molar-refractivity contribution in [1.29, 1.82) is 0 Å². The summed E-state index contributed by atoms with van der Waals surface area (Å²) in [7, 11) is 0. The van der Waals surface area contributed by atoms with Crippen LogP contribution in [-0.4, -0.2) is 17.0 Å². The number of hydrogen-bond donors (Lipinski definition) is 1. The summed E-state index contributed by atoms with van der Waals surface area (Å²) in [6.07, 6.45) is 4.37. The van der Waals surface area contributed by atoms with Crippen LogP contribution in [0, 0.1) is 12.8 Å². The van der Waals surface area contributed by atoms with E-state index in [-0.39, 0.29) is 17.5 Å². The van der Waals surface area contributed by atoms with Gasteiger partial charge in [0.15, 0.2) is 5.76 Å². The second-order valence-electron chi connectivity index (χ2n) is 5.86. The molecule has 1 atom stereocenters. The highest BCUT2D eigenvalue weighted by Gasteiger charge is 2.30. The maximum atomic E-state index is 12.4. The lowest BCUT2D eigenvalue weighted by Gasteiger charge is -2.24. The van der Waals surface area contributed by atoms with E-state index in [1.54, 1.807) is 6.07 Å². The molecule has 3 rings (SSSR count). The smallest absolute Gasteiger partial charge is 0.226 e. The fourth-order valence-electron chi connectivity index (χ4n) is 3.09. The van der Waals surface area contributed by atoms with Crippen LogP contribution in [0.25, 0.3) is 11.0 Å². The van der Waals surface area contributed by atoms with Gasteiger partial charge in [-0.1, -0.05) is 30.9 Å². The van der Waals surface area contributed by atoms with E-state index in [9.17, 15) is 9.90 Å². The topological polar surface area (TPSA) is 50.4 Å². The SMILES string of the molecule is Cc1ccc2oc(C(=O)C(O)C3CCCCC3)cc2c1. The third kappa shape index (κ3) is 2.50. The van der Waals surface area contributed by atoms with Crippen molar-refractivity contribution in [2.24, 2.45) is 5.92 Å². The molecule has 20 heavy (non-hydrogen) atoms. The van der Waals surface area contributed by atoms with Crippen LogP contribution in [0.3, 0.4) is 0 Å². The Morgan fingerprint density at radius 2 is 2.00 bits per heavy atom. The van der Waals surface area contributed by atoms with Gasteiger partial charge in [0.25, 0.3) is 0 Å². The number of aryl methyl sites for hydroxylation is 1. The van der Waals surface area contributed by atoms with Gasteiger partial charge in [-0.3, -0.25) is 4.79 Å². The van der Waals surface area contributed by atoms with Crippen LogP contribution in [-0.2, 0) is 0 Å². The van der Waals surface area contributed by atoms with Crippen LogP contribution in [0.1, 0.15) is 48.2 Å². The second-order valence-corrected chi connectivity index (χ2v) is 5.86. The molecule has 3 heteroatoms. The minimum atomic E-state index is -0.919. The average molecular weight is 272 g/mol. The van der Waals surface area contributed by atoms with Crippen LogP contribution in [0.15, 0.2) is 28.7 Å². The largest absolute Gasteiger partial charge is 0.453 e. The lowest BCUT2D eigenvalue weighted by Crippen LogP contribution is -2.30. The van der Waals surface area contributed by atoms with Gasteiger partial charge in [0.05, 0.1) is 0 Å². The highest BCUT2D eigenvalue weighted by molar-refractivity contribution is 6.00. The summed E-state index contributed by atoms with van der Waals surface area (Å²) in [5.74, 6) is 0.0978. The first-order valence-corrected chi connectivity index (χ1v) is 7.37. The molecule has 106 valence electrons. The number of benzene rings is 1. The second kappa shape index (κ2) is 5.41. The third-order valence-corrected chi connectivity index (χ3v) is 4.28. The summed E-state index contributed by atoms with van der Waals surface area (Å²) in [6, 6.07) is 7.56. The minimum absolute atomic E-state index is 0.0891. The normalized spacial score (nSPS) is 18.3. The van der Waals surface area contributed by atoms with Crippen molar-refractivity contribution in [2.45, 2.75) is 45.1 Å². The zero-order valence-corrected chi connectivity index (χ0v) is 11.8. The lowest BCUT2D eigenvalue weighted by molar-refractivity contribution is 0.0509. The molecule has 1 heterocycles. The van der Waals surface area contributed by atoms with Crippen molar-refractivity contribution in [2.75, 3.05) is 0 Å². The number of furan rings is 1. The van der Waals surface area contributed by atoms with Gasteiger partial charge in [-0.25, -0.2) is 0 Å². The Hall–Kier alpha value is -1.61. The zero-order valence-electron chi connectivity index (χ0n) is 11.8. The predicted octanol–water partition coefficient (Wildman–Crippen LogP) is 3.87. The summed E-state index contributed by atoms with van der Waals surface area (Å²) < 4.78 is 5.59. The molecule has 1 unspecified atom stereocenters. The molecule has 1 aromatic heterocycles. The van der Waals surface area contributed by atoms with Gasteiger partial charge in [0.2, 0.25) is 5.78 Å². The standard InChI is InChI=1S/C17H20O3/c1-11-7-8-14-13(9-11)10-15(20-14)17(19)16(18)12-5-3-2-4-6-12/h7-10,12,16,18H,2-6H2,1H3. The average Bonchev–Trinajstić information content (AvgIpc) is 2.89. The van der Waals surface area contributed by atoms with Crippen LogP contribution in [0.2, 0.25) is 0 Å². The summed E-state index contributed by atoms with van der Waals surface area (Å²) in [5.41, 5.74) is 1.83. The monoisotopic (exact) mass is 272 g/mol. The molecule has 1 N–H and O–H groups in total. The van der Waals surface area contributed by atoms with Crippen LogP contribution >= 0.6 is 0 Å². The number of carbonyl (C=O) groups excluding carboxylic acids is 1. The maximum Gasteiger partial charge on any atom is 0.226 e. The summed E-state index contributed by atoms with van der Waals surface area (Å²) in [4.78, 5) is 12.4. The Bertz CT molecular complexity index is 620. The minimum Gasteiger partial charge on any atom is -0.453 e. The van der Waals surface area contributed by atoms with Crippen molar-refractivity contribution < 1.29 is 14.3 Å². The van der Waals surface area contributed by atoms with Gasteiger partial charge in [-0.2, -0.15) is 0 Å². The quantitative estimate of drug-likeness (QED) is 0.863. The van der Waals surface area contributed by atoms with Crippen molar-refractivity contribution in [1.82, 2.24) is 0 Å². The molecular formula is C17H20O3. The zero-order chi connectivity index (χ0) is 14.1. The Balaban J connectivity index is 1.84. The summed E-state index contributed by atoms with van der Waals surface area (Å²) in [6.45, 7) is 2.00. The Labute approximate surface area is 118 Å². The molecule has 1 aromatic carbocycles. The molecule has 0 radical (unpaired) electrons. The van der Waals surface area contributed by atoms with Crippen molar-refractivity contribution in [3.8, 4) is 0 Å². The molecule has 1 saturated carbocycles. The summed E-state index contributed by atoms with van der Waals surface area (Å²) in [5, 5.41) is 11.2. The van der Waals surface area contributed by atoms with Gasteiger partial charge in [-0.05, 0) is 43.9 Å². The fourth-order valence-corrected chi connectivity index (χ4v) is 3.09. The Morgan fingerprint density at radius 1 is 1.25 bits per heavy atom. The molecule has 1 fully saturated rings. The van der Waals surface area contributed by atoms with E-state index < -0.39 is 6.10 Å². The number of ketones is 1. The molecule has 3 nitrogen and oxygen atoms in total. The van der Waals surface area contributed by atoms with Gasteiger partial charge in [-0.15, -0.1) is 0 Å². The first kappa shape index (κ1) is 13.4. The molecule has 0 bridgehead atoms. The lowest BCUT2D eigenvalue weighted by atomic mass is 9.83. The van der Waals surface area contributed by atoms with Crippen LogP contribution in [0.4, 0.5) is 0 Å². The van der Waals surface area contributed by atoms with Gasteiger partial charge in [0, 0.05) is 5.39 Å². The molecule has 0 spiro atoms. The van der Waals surface area contributed by atoms with E-state index in [2.05, 4.69) is 0 Å². The Kier molecular flexibility index (Phi) is 3.62. The van der Waals surface area contributed by atoms with E-state index in [0.717, 1.165) is 36.6 Å².